The van der Waals surface area contributed by atoms with Crippen molar-refractivity contribution in [3.63, 3.8) is 0 Å². The Morgan fingerprint density at radius 3 is 2.45 bits per heavy atom. The zero-order valence-corrected chi connectivity index (χ0v) is 5.26. The van der Waals surface area contributed by atoms with Crippen molar-refractivity contribution in [2.24, 2.45) is 0 Å². The molecule has 0 spiro atoms. The van der Waals surface area contributed by atoms with Gasteiger partial charge in [-0.3, -0.25) is 0 Å². The highest BCUT2D eigenvalue weighted by Gasteiger charge is 2.21. The highest BCUT2D eigenvalue weighted by atomic mass is 19.4. The molecule has 0 atom stereocenters. The fourth-order valence-electron chi connectivity index (χ4n) is 0.301. The number of ether oxygens (including phenoxy) is 1. The molecule has 0 aliphatic heterocycles. The molecule has 0 saturated carbocycles. The van der Waals surface area contributed by atoms with Crippen molar-refractivity contribution in [2.45, 2.75) is 6.18 Å². The van der Waals surface area contributed by atoms with Gasteiger partial charge < -0.3 is 9.84 Å². The van der Waals surface area contributed by atoms with Crippen LogP contribution < -0.4 is 0 Å². The Morgan fingerprint density at radius 1 is 1.55 bits per heavy atom. The lowest BCUT2D eigenvalue weighted by Crippen LogP contribution is -2.03. The lowest BCUT2D eigenvalue weighted by Gasteiger charge is -1.97. The third-order valence-electron chi connectivity index (χ3n) is 0.610. The molecular weight excluding hydrogens is 165 g/mol. The number of carboxylic acid groups (broad SMARTS) is 1. The van der Waals surface area contributed by atoms with Gasteiger partial charge in [-0.05, 0) is 6.08 Å². The Kier molecular flexibility index (Phi) is 3.43. The molecule has 0 radical (unpaired) electrons. The predicted octanol–water partition coefficient (Wildman–Crippen LogP) is 1.80. The molecule has 0 saturated heterocycles. The van der Waals surface area contributed by atoms with Crippen LogP contribution in [0.4, 0.5) is 18.0 Å². The van der Waals surface area contributed by atoms with Gasteiger partial charge in [0.25, 0.3) is 0 Å². The molecule has 0 aromatic rings. The van der Waals surface area contributed by atoms with Crippen LogP contribution in [0.15, 0.2) is 12.2 Å². The highest BCUT2D eigenvalue weighted by Crippen LogP contribution is 2.15. The second-order valence-electron chi connectivity index (χ2n) is 1.52. The van der Waals surface area contributed by atoms with Crippen molar-refractivity contribution in [2.75, 3.05) is 6.61 Å². The van der Waals surface area contributed by atoms with Crippen molar-refractivity contribution in [1.82, 2.24) is 0 Å². The van der Waals surface area contributed by atoms with E-state index >= 15 is 0 Å². The summed E-state index contributed by atoms with van der Waals surface area (Å²) in [6, 6.07) is 0. The zero-order valence-electron chi connectivity index (χ0n) is 5.26. The quantitative estimate of drug-likeness (QED) is 0.507. The molecular formula is C5H5F3O3. The van der Waals surface area contributed by atoms with E-state index in [0.717, 1.165) is 0 Å². The maximum atomic E-state index is 11.3. The second-order valence-corrected chi connectivity index (χ2v) is 1.52. The number of halogens is 3. The largest absolute Gasteiger partial charge is 0.506 e. The van der Waals surface area contributed by atoms with Gasteiger partial charge in [0.05, 0.1) is 0 Å². The summed E-state index contributed by atoms with van der Waals surface area (Å²) in [6.45, 7) is -0.588. The van der Waals surface area contributed by atoms with Crippen LogP contribution in [-0.4, -0.2) is 24.0 Å². The number of rotatable bonds is 2. The van der Waals surface area contributed by atoms with Gasteiger partial charge >= 0.3 is 12.3 Å². The lowest BCUT2D eigenvalue weighted by molar-refractivity contribution is -0.0803. The molecule has 0 unspecified atom stereocenters. The molecule has 0 heterocycles. The van der Waals surface area contributed by atoms with Crippen LogP contribution in [0.1, 0.15) is 0 Å². The molecule has 3 nitrogen and oxygen atoms in total. The van der Waals surface area contributed by atoms with E-state index in [2.05, 4.69) is 4.74 Å². The van der Waals surface area contributed by atoms with Crippen molar-refractivity contribution in [1.29, 1.82) is 0 Å². The number of allylic oxidation sites excluding steroid dienone is 1. The van der Waals surface area contributed by atoms with E-state index in [1.54, 1.807) is 0 Å². The average Bonchev–Trinajstić information content (AvgIpc) is 1.78. The van der Waals surface area contributed by atoms with Crippen molar-refractivity contribution >= 4 is 6.16 Å². The molecule has 6 heteroatoms. The van der Waals surface area contributed by atoms with E-state index in [4.69, 9.17) is 5.11 Å². The third kappa shape index (κ3) is 8.80. The summed E-state index contributed by atoms with van der Waals surface area (Å²) in [5.74, 6) is 0. The first-order valence-electron chi connectivity index (χ1n) is 2.52. The fraction of sp³-hybridized carbons (Fsp3) is 0.400. The number of alkyl halides is 3. The smallest absolute Gasteiger partial charge is 0.450 e. The van der Waals surface area contributed by atoms with Crippen molar-refractivity contribution in [3.8, 4) is 0 Å². The number of carbonyl (C=O) groups is 1. The van der Waals surface area contributed by atoms with Gasteiger partial charge in [-0.2, -0.15) is 13.2 Å². The molecule has 0 aromatic carbocycles. The molecule has 0 aliphatic rings. The van der Waals surface area contributed by atoms with Gasteiger partial charge in [-0.25, -0.2) is 4.79 Å². The van der Waals surface area contributed by atoms with E-state index in [1.165, 1.54) is 0 Å². The average molecular weight is 170 g/mol. The summed E-state index contributed by atoms with van der Waals surface area (Å²) in [5.41, 5.74) is 0. The highest BCUT2D eigenvalue weighted by molar-refractivity contribution is 5.56. The van der Waals surface area contributed by atoms with Gasteiger partial charge in [-0.15, -0.1) is 0 Å². The van der Waals surface area contributed by atoms with E-state index in [9.17, 15) is 18.0 Å². The summed E-state index contributed by atoms with van der Waals surface area (Å²) >= 11 is 0. The Bertz CT molecular complexity index is 161. The van der Waals surface area contributed by atoms with Crippen LogP contribution in [0, 0.1) is 0 Å². The van der Waals surface area contributed by atoms with E-state index in [0.29, 0.717) is 6.08 Å². The summed E-state index contributed by atoms with van der Waals surface area (Å²) in [4.78, 5) is 9.59. The van der Waals surface area contributed by atoms with Crippen LogP contribution in [-0.2, 0) is 4.74 Å². The molecule has 11 heavy (non-hydrogen) atoms. The minimum absolute atomic E-state index is 0.0874. The minimum atomic E-state index is -4.41. The first kappa shape index (κ1) is 9.80. The summed E-state index contributed by atoms with van der Waals surface area (Å²) < 4.78 is 37.6. The Balaban J connectivity index is 3.54. The van der Waals surface area contributed by atoms with Gasteiger partial charge in [0, 0.05) is 6.08 Å². The standard InChI is InChI=1S/C5H5F3O3/c6-5(7,8)2-1-3-11-4(9)10/h1-2H,3H2,(H,9,10)/b2-1+. The maximum absolute atomic E-state index is 11.3. The summed E-state index contributed by atoms with van der Waals surface area (Å²) in [7, 11) is 0. The van der Waals surface area contributed by atoms with Crippen LogP contribution in [0.2, 0.25) is 0 Å². The lowest BCUT2D eigenvalue weighted by atomic mass is 10.5. The Morgan fingerprint density at radius 2 is 2.09 bits per heavy atom. The molecule has 64 valence electrons. The second kappa shape index (κ2) is 3.85. The van der Waals surface area contributed by atoms with Gasteiger partial charge in [-0.1, -0.05) is 0 Å². The SMILES string of the molecule is O=C(O)OC/C=C/C(F)(F)F. The van der Waals surface area contributed by atoms with E-state index < -0.39 is 18.9 Å². The first-order valence-corrected chi connectivity index (χ1v) is 2.52. The molecule has 0 rings (SSSR count). The van der Waals surface area contributed by atoms with Gasteiger partial charge in [0.1, 0.15) is 6.61 Å². The predicted molar refractivity (Wildman–Crippen MR) is 29.2 cm³/mol. The van der Waals surface area contributed by atoms with Crippen LogP contribution >= 0.6 is 0 Å². The third-order valence-corrected chi connectivity index (χ3v) is 0.610. The Hall–Kier alpha value is -1.20. The summed E-state index contributed by atoms with van der Waals surface area (Å²) in [5, 5.41) is 7.81. The van der Waals surface area contributed by atoms with E-state index in [-0.39, 0.29) is 6.08 Å². The normalized spacial score (nSPS) is 11.9. The molecule has 0 bridgehead atoms. The van der Waals surface area contributed by atoms with Crippen LogP contribution in [0.3, 0.4) is 0 Å². The minimum Gasteiger partial charge on any atom is -0.450 e. The van der Waals surface area contributed by atoms with E-state index in [1.807, 2.05) is 0 Å². The van der Waals surface area contributed by atoms with Crippen molar-refractivity contribution in [3.05, 3.63) is 12.2 Å². The van der Waals surface area contributed by atoms with Crippen LogP contribution in [0.5, 0.6) is 0 Å². The van der Waals surface area contributed by atoms with Gasteiger partial charge in [0.2, 0.25) is 0 Å². The fourth-order valence-corrected chi connectivity index (χ4v) is 0.301. The van der Waals surface area contributed by atoms with Gasteiger partial charge in [0.15, 0.2) is 0 Å². The zero-order chi connectivity index (χ0) is 8.91. The molecule has 0 aliphatic carbocycles. The monoisotopic (exact) mass is 170 g/mol. The summed E-state index contributed by atoms with van der Waals surface area (Å²) in [6.07, 6.45) is -5.52. The number of hydrogen-bond acceptors (Lipinski definition) is 2. The molecule has 0 amide bonds. The number of hydrogen-bond donors (Lipinski definition) is 1. The Labute approximate surface area is 60.1 Å². The topological polar surface area (TPSA) is 46.5 Å². The van der Waals surface area contributed by atoms with Crippen LogP contribution in [0.25, 0.3) is 0 Å². The molecule has 0 aromatic heterocycles. The maximum Gasteiger partial charge on any atom is 0.506 e. The van der Waals surface area contributed by atoms with Crippen molar-refractivity contribution < 1.29 is 27.8 Å². The first-order chi connectivity index (χ1) is 4.92. The molecule has 1 N–H and O–H groups in total. The molecule has 0 fully saturated rings.